The molecule has 0 spiro atoms. The maximum absolute atomic E-state index is 12.1. The van der Waals surface area contributed by atoms with Crippen LogP contribution in [-0.2, 0) is 6.54 Å². The van der Waals surface area contributed by atoms with E-state index >= 15 is 0 Å². The quantitative estimate of drug-likeness (QED) is 0.911. The normalized spacial score (nSPS) is 10.2. The molecule has 110 valence electrons. The molecule has 0 radical (unpaired) electrons. The topological polar surface area (TPSA) is 58.6 Å². The number of amides is 1. The number of para-hydroxylation sites is 1. The number of hydrogen-bond donors (Lipinski definition) is 2. The summed E-state index contributed by atoms with van der Waals surface area (Å²) >= 11 is 6.11. The van der Waals surface area contributed by atoms with Crippen molar-refractivity contribution in [2.45, 2.75) is 13.5 Å². The van der Waals surface area contributed by atoms with Crippen LogP contribution >= 0.6 is 11.6 Å². The molecule has 0 aliphatic carbocycles. The highest BCUT2D eigenvalue weighted by atomic mass is 35.5. The summed E-state index contributed by atoms with van der Waals surface area (Å²) < 4.78 is 5.22. The number of aryl methyl sites for hydroxylation is 1. The maximum Gasteiger partial charge on any atom is 0.255 e. The van der Waals surface area contributed by atoms with Gasteiger partial charge in [-0.05, 0) is 30.7 Å². The Kier molecular flexibility index (Phi) is 4.70. The van der Waals surface area contributed by atoms with Gasteiger partial charge in [0.15, 0.2) is 0 Å². The summed E-state index contributed by atoms with van der Waals surface area (Å²) in [6.07, 6.45) is 0. The third-order valence-corrected chi connectivity index (χ3v) is 3.56. The lowest BCUT2D eigenvalue weighted by Gasteiger charge is -2.12. The fourth-order valence-corrected chi connectivity index (χ4v) is 2.24. The van der Waals surface area contributed by atoms with Gasteiger partial charge in [0.25, 0.3) is 5.91 Å². The fraction of sp³-hybridized carbons (Fsp3) is 0.188. The number of aromatic hydroxyl groups is 1. The molecule has 0 bridgehead atoms. The van der Waals surface area contributed by atoms with Gasteiger partial charge in [-0.1, -0.05) is 29.8 Å². The summed E-state index contributed by atoms with van der Waals surface area (Å²) in [6.45, 7) is 1.96. The van der Waals surface area contributed by atoms with E-state index in [-0.39, 0.29) is 23.8 Å². The van der Waals surface area contributed by atoms with Gasteiger partial charge in [0.2, 0.25) is 0 Å². The number of carbonyl (C=O) groups is 1. The number of rotatable bonds is 4. The predicted octanol–water partition coefficient (Wildman–Crippen LogP) is 3.29. The van der Waals surface area contributed by atoms with E-state index in [4.69, 9.17) is 16.3 Å². The lowest BCUT2D eigenvalue weighted by atomic mass is 10.1. The molecule has 5 heteroatoms. The average Bonchev–Trinajstić information content (AvgIpc) is 2.48. The molecule has 2 N–H and O–H groups in total. The second-order valence-corrected chi connectivity index (χ2v) is 4.98. The lowest BCUT2D eigenvalue weighted by molar-refractivity contribution is 0.0948. The van der Waals surface area contributed by atoms with Gasteiger partial charge >= 0.3 is 0 Å². The molecule has 0 fully saturated rings. The molecule has 0 saturated heterocycles. The van der Waals surface area contributed by atoms with Crippen LogP contribution in [0.25, 0.3) is 0 Å². The Morgan fingerprint density at radius 3 is 2.71 bits per heavy atom. The molecule has 0 heterocycles. The minimum absolute atomic E-state index is 0.0128. The molecule has 0 aliphatic heterocycles. The van der Waals surface area contributed by atoms with Crippen molar-refractivity contribution >= 4 is 17.5 Å². The summed E-state index contributed by atoms with van der Waals surface area (Å²) in [6, 6.07) is 10.3. The smallest absolute Gasteiger partial charge is 0.255 e. The third kappa shape index (κ3) is 3.28. The molecule has 21 heavy (non-hydrogen) atoms. The highest BCUT2D eigenvalue weighted by Gasteiger charge is 2.14. The average molecular weight is 306 g/mol. The number of ether oxygens (including phenoxy) is 1. The summed E-state index contributed by atoms with van der Waals surface area (Å²) in [7, 11) is 1.55. The minimum atomic E-state index is -0.363. The van der Waals surface area contributed by atoms with Crippen LogP contribution in [0.15, 0.2) is 36.4 Å². The van der Waals surface area contributed by atoms with E-state index < -0.39 is 0 Å². The fourth-order valence-electron chi connectivity index (χ4n) is 2.01. The lowest BCUT2D eigenvalue weighted by Crippen LogP contribution is -2.23. The Morgan fingerprint density at radius 1 is 1.29 bits per heavy atom. The third-order valence-electron chi connectivity index (χ3n) is 3.20. The number of nitrogens with one attached hydrogen (secondary N) is 1. The molecular formula is C16H16ClNO3. The molecule has 0 unspecified atom stereocenters. The Bertz CT molecular complexity index is 671. The maximum atomic E-state index is 12.1. The predicted molar refractivity (Wildman–Crippen MR) is 82.0 cm³/mol. The monoisotopic (exact) mass is 305 g/mol. The number of hydrogen-bond acceptors (Lipinski definition) is 3. The van der Waals surface area contributed by atoms with Crippen molar-refractivity contribution in [2.75, 3.05) is 7.11 Å². The standard InChI is InChI=1S/C16H16ClNO3/c1-10-5-3-6-11(15(10)19)16(20)18-9-12-13(17)7-4-8-14(12)21-2/h3-8,19H,9H2,1-2H3,(H,18,20). The molecule has 0 saturated carbocycles. The van der Waals surface area contributed by atoms with Gasteiger partial charge in [-0.3, -0.25) is 4.79 Å². The van der Waals surface area contributed by atoms with Gasteiger partial charge in [0.1, 0.15) is 11.5 Å². The van der Waals surface area contributed by atoms with E-state index in [0.29, 0.717) is 21.9 Å². The first-order valence-corrected chi connectivity index (χ1v) is 6.80. The van der Waals surface area contributed by atoms with Crippen LogP contribution in [0.1, 0.15) is 21.5 Å². The number of phenolic OH excluding ortho intramolecular Hbond substituents is 1. The number of phenols is 1. The molecule has 4 nitrogen and oxygen atoms in total. The van der Waals surface area contributed by atoms with Crippen molar-refractivity contribution < 1.29 is 14.6 Å². The van der Waals surface area contributed by atoms with Crippen LogP contribution in [0.2, 0.25) is 5.02 Å². The van der Waals surface area contributed by atoms with E-state index in [0.717, 1.165) is 0 Å². The molecule has 0 aromatic heterocycles. The summed E-state index contributed by atoms with van der Waals surface area (Å²) in [4.78, 5) is 12.1. The zero-order valence-corrected chi connectivity index (χ0v) is 12.6. The van der Waals surface area contributed by atoms with Gasteiger partial charge in [-0.15, -0.1) is 0 Å². The summed E-state index contributed by atoms with van der Waals surface area (Å²) in [5.74, 6) is 0.232. The van der Waals surface area contributed by atoms with Gasteiger partial charge in [0, 0.05) is 17.1 Å². The first-order valence-electron chi connectivity index (χ1n) is 6.42. The second kappa shape index (κ2) is 6.50. The second-order valence-electron chi connectivity index (χ2n) is 4.57. The van der Waals surface area contributed by atoms with Crippen LogP contribution in [-0.4, -0.2) is 18.1 Å². The van der Waals surface area contributed by atoms with E-state index in [1.165, 1.54) is 0 Å². The Morgan fingerprint density at radius 2 is 2.00 bits per heavy atom. The van der Waals surface area contributed by atoms with E-state index in [2.05, 4.69) is 5.32 Å². The van der Waals surface area contributed by atoms with Crippen LogP contribution in [0.4, 0.5) is 0 Å². The number of halogens is 1. The van der Waals surface area contributed by atoms with E-state index in [1.807, 2.05) is 0 Å². The Balaban J connectivity index is 2.17. The molecule has 2 aromatic carbocycles. The van der Waals surface area contributed by atoms with Crippen LogP contribution in [0.3, 0.4) is 0 Å². The zero-order chi connectivity index (χ0) is 15.4. The van der Waals surface area contributed by atoms with Gasteiger partial charge < -0.3 is 15.2 Å². The first kappa shape index (κ1) is 15.2. The zero-order valence-electron chi connectivity index (χ0n) is 11.8. The summed E-state index contributed by atoms with van der Waals surface area (Å²) in [5, 5.41) is 13.2. The van der Waals surface area contributed by atoms with Gasteiger partial charge in [0.05, 0.1) is 12.7 Å². The summed E-state index contributed by atoms with van der Waals surface area (Å²) in [5.41, 5.74) is 1.58. The van der Waals surface area contributed by atoms with Crippen LogP contribution in [0.5, 0.6) is 11.5 Å². The molecule has 2 aromatic rings. The van der Waals surface area contributed by atoms with Crippen molar-refractivity contribution in [2.24, 2.45) is 0 Å². The molecule has 0 aliphatic rings. The van der Waals surface area contributed by atoms with Crippen molar-refractivity contribution in [1.82, 2.24) is 5.32 Å². The van der Waals surface area contributed by atoms with Gasteiger partial charge in [-0.2, -0.15) is 0 Å². The van der Waals surface area contributed by atoms with Crippen LogP contribution in [0, 0.1) is 6.92 Å². The molecule has 1 amide bonds. The van der Waals surface area contributed by atoms with Crippen molar-refractivity contribution in [3.05, 3.63) is 58.1 Å². The van der Waals surface area contributed by atoms with Crippen molar-refractivity contribution in [1.29, 1.82) is 0 Å². The van der Waals surface area contributed by atoms with Crippen LogP contribution < -0.4 is 10.1 Å². The first-order chi connectivity index (χ1) is 10.0. The van der Waals surface area contributed by atoms with Crippen molar-refractivity contribution in [3.63, 3.8) is 0 Å². The van der Waals surface area contributed by atoms with E-state index in [9.17, 15) is 9.90 Å². The highest BCUT2D eigenvalue weighted by Crippen LogP contribution is 2.26. The SMILES string of the molecule is COc1cccc(Cl)c1CNC(=O)c1cccc(C)c1O. The van der Waals surface area contributed by atoms with Crippen molar-refractivity contribution in [3.8, 4) is 11.5 Å². The Hall–Kier alpha value is -2.20. The number of carbonyl (C=O) groups excluding carboxylic acids is 1. The van der Waals surface area contributed by atoms with Gasteiger partial charge in [-0.25, -0.2) is 0 Å². The molecule has 0 atom stereocenters. The molecular weight excluding hydrogens is 290 g/mol. The highest BCUT2D eigenvalue weighted by molar-refractivity contribution is 6.31. The Labute approximate surface area is 128 Å². The number of benzene rings is 2. The largest absolute Gasteiger partial charge is 0.507 e. The number of methoxy groups -OCH3 is 1. The minimum Gasteiger partial charge on any atom is -0.507 e. The van der Waals surface area contributed by atoms with E-state index in [1.54, 1.807) is 50.4 Å². The molecule has 2 rings (SSSR count).